The van der Waals surface area contributed by atoms with Gasteiger partial charge < -0.3 is 20.1 Å². The number of H-pyrrole nitrogens is 1. The quantitative estimate of drug-likeness (QED) is 0.360. The largest absolute Gasteiger partial charge is 0.490 e. The SMILES string of the molecule is CC[C@@H]1C[C@H](OC(=O)NCc2ccncc2)CC1c1nnc2cnc3[nH]ccc3n12.O=C(O)C(F)(F)F. The van der Waals surface area contributed by atoms with E-state index < -0.39 is 18.2 Å². The van der Waals surface area contributed by atoms with Crippen molar-refractivity contribution in [2.75, 3.05) is 0 Å². The molecule has 196 valence electrons. The number of aliphatic carboxylic acids is 1. The molecule has 0 aliphatic heterocycles. The molecule has 37 heavy (non-hydrogen) atoms. The lowest BCUT2D eigenvalue weighted by Crippen LogP contribution is -2.27. The van der Waals surface area contributed by atoms with Crippen LogP contribution in [0.1, 0.15) is 43.5 Å². The highest BCUT2D eigenvalue weighted by Crippen LogP contribution is 2.42. The number of aromatic nitrogens is 6. The summed E-state index contributed by atoms with van der Waals surface area (Å²) < 4.78 is 39.5. The van der Waals surface area contributed by atoms with Gasteiger partial charge in [0.05, 0.1) is 11.7 Å². The van der Waals surface area contributed by atoms with Crippen LogP contribution in [0.5, 0.6) is 0 Å². The zero-order valence-electron chi connectivity index (χ0n) is 19.6. The van der Waals surface area contributed by atoms with E-state index in [-0.39, 0.29) is 12.0 Å². The van der Waals surface area contributed by atoms with Crippen LogP contribution in [0.25, 0.3) is 16.8 Å². The molecule has 0 saturated heterocycles. The lowest BCUT2D eigenvalue weighted by Gasteiger charge is -2.15. The summed E-state index contributed by atoms with van der Waals surface area (Å²) in [5, 5.41) is 18.8. The van der Waals surface area contributed by atoms with E-state index in [4.69, 9.17) is 14.6 Å². The first-order chi connectivity index (χ1) is 17.7. The van der Waals surface area contributed by atoms with Gasteiger partial charge in [-0.2, -0.15) is 13.2 Å². The number of ether oxygens (including phenoxy) is 1. The number of nitrogens with one attached hydrogen (secondary N) is 2. The molecule has 0 aromatic carbocycles. The highest BCUT2D eigenvalue weighted by Gasteiger charge is 2.39. The molecule has 3 N–H and O–H groups in total. The number of aromatic amines is 1. The van der Waals surface area contributed by atoms with E-state index in [1.54, 1.807) is 18.6 Å². The molecule has 4 heterocycles. The molecule has 4 aromatic heterocycles. The third-order valence-electron chi connectivity index (χ3n) is 6.18. The van der Waals surface area contributed by atoms with Gasteiger partial charge in [0.25, 0.3) is 0 Å². The van der Waals surface area contributed by atoms with Gasteiger partial charge in [-0.25, -0.2) is 14.6 Å². The third kappa shape index (κ3) is 5.95. The molecule has 1 saturated carbocycles. The first-order valence-corrected chi connectivity index (χ1v) is 11.5. The number of rotatable bonds is 5. The number of pyridine rings is 1. The Balaban J connectivity index is 0.000000405. The predicted octanol–water partition coefficient (Wildman–Crippen LogP) is 3.83. The number of fused-ring (bicyclic) bond motifs is 3. The molecular formula is C23H24F3N7O4. The molecule has 1 amide bonds. The molecule has 3 atom stereocenters. The zero-order valence-corrected chi connectivity index (χ0v) is 19.6. The Hall–Kier alpha value is -4.23. The number of carboxylic acid groups (broad SMARTS) is 1. The molecule has 1 unspecified atom stereocenters. The second-order valence-corrected chi connectivity index (χ2v) is 8.51. The normalized spacial score (nSPS) is 19.4. The first-order valence-electron chi connectivity index (χ1n) is 11.5. The number of nitrogens with zero attached hydrogens (tertiary/aromatic N) is 5. The summed E-state index contributed by atoms with van der Waals surface area (Å²) in [5.74, 6) is -1.30. The number of alkyl halides is 3. The minimum Gasteiger partial charge on any atom is -0.475 e. The average molecular weight is 519 g/mol. The van der Waals surface area contributed by atoms with Crippen molar-refractivity contribution in [3.8, 4) is 0 Å². The van der Waals surface area contributed by atoms with Crippen LogP contribution in [0.2, 0.25) is 0 Å². The fourth-order valence-electron chi connectivity index (χ4n) is 4.44. The summed E-state index contributed by atoms with van der Waals surface area (Å²) in [6.45, 7) is 2.59. The predicted molar refractivity (Wildman–Crippen MR) is 123 cm³/mol. The smallest absolute Gasteiger partial charge is 0.475 e. The van der Waals surface area contributed by atoms with Crippen LogP contribution in [0.4, 0.5) is 18.0 Å². The lowest BCUT2D eigenvalue weighted by atomic mass is 9.93. The monoisotopic (exact) mass is 519 g/mol. The van der Waals surface area contributed by atoms with Gasteiger partial charge in [0, 0.05) is 31.1 Å². The summed E-state index contributed by atoms with van der Waals surface area (Å²) in [6, 6.07) is 5.72. The van der Waals surface area contributed by atoms with Crippen molar-refractivity contribution in [3.05, 3.63) is 54.4 Å². The Morgan fingerprint density at radius 3 is 2.62 bits per heavy atom. The van der Waals surface area contributed by atoms with Gasteiger partial charge in [-0.1, -0.05) is 13.3 Å². The molecule has 1 aliphatic rings. The maximum Gasteiger partial charge on any atom is 0.490 e. The molecule has 14 heteroatoms. The summed E-state index contributed by atoms with van der Waals surface area (Å²) in [5.41, 5.74) is 3.47. The Kier molecular flexibility index (Phi) is 7.55. The van der Waals surface area contributed by atoms with Gasteiger partial charge in [0.1, 0.15) is 11.9 Å². The number of carboxylic acids is 1. The van der Waals surface area contributed by atoms with E-state index in [1.807, 2.05) is 24.4 Å². The summed E-state index contributed by atoms with van der Waals surface area (Å²) in [4.78, 5) is 32.7. The molecule has 4 aromatic rings. The number of alkyl carbamates (subject to hydrolysis) is 1. The number of halogens is 3. The molecule has 11 nitrogen and oxygen atoms in total. The third-order valence-corrected chi connectivity index (χ3v) is 6.18. The van der Waals surface area contributed by atoms with Crippen LogP contribution in [0, 0.1) is 5.92 Å². The van der Waals surface area contributed by atoms with E-state index in [0.717, 1.165) is 47.5 Å². The molecule has 1 aliphatic carbocycles. The van der Waals surface area contributed by atoms with Crippen molar-refractivity contribution in [3.63, 3.8) is 0 Å². The van der Waals surface area contributed by atoms with Crippen LogP contribution in [0.15, 0.2) is 43.0 Å². The van der Waals surface area contributed by atoms with Crippen LogP contribution in [-0.4, -0.2) is 59.0 Å². The number of carbonyl (C=O) groups excluding carboxylic acids is 1. The van der Waals surface area contributed by atoms with Crippen LogP contribution >= 0.6 is 0 Å². The van der Waals surface area contributed by atoms with Gasteiger partial charge in [-0.05, 0) is 42.5 Å². The average Bonchev–Trinajstić information content (AvgIpc) is 3.60. The topological polar surface area (TPSA) is 147 Å². The standard InChI is InChI=1S/C21H23N7O2.C2HF3O2/c1-2-14-9-15(30-21(29)25-11-13-3-6-22-7-4-13)10-16(14)20-27-26-18-12-24-19-17(28(18)20)5-8-23-19;3-2(4,5)1(6)7/h3-8,12,14-16,23H,2,9-11H2,1H3,(H,25,29);(H,6,7)/t14-,15+,16?;/m1./s1. The molecule has 0 radical (unpaired) electrons. The highest BCUT2D eigenvalue weighted by atomic mass is 19.4. The van der Waals surface area contributed by atoms with Crippen molar-refractivity contribution in [2.45, 2.75) is 50.9 Å². The van der Waals surface area contributed by atoms with E-state index in [1.165, 1.54) is 0 Å². The lowest BCUT2D eigenvalue weighted by molar-refractivity contribution is -0.192. The van der Waals surface area contributed by atoms with Crippen LogP contribution in [0.3, 0.4) is 0 Å². The summed E-state index contributed by atoms with van der Waals surface area (Å²) >= 11 is 0. The number of amides is 1. The molecule has 5 rings (SSSR count). The fourth-order valence-corrected chi connectivity index (χ4v) is 4.44. The van der Waals surface area contributed by atoms with Crippen LogP contribution < -0.4 is 5.32 Å². The van der Waals surface area contributed by atoms with Crippen molar-refractivity contribution < 1.29 is 32.6 Å². The van der Waals surface area contributed by atoms with Crippen LogP contribution in [-0.2, 0) is 16.1 Å². The van der Waals surface area contributed by atoms with Crippen molar-refractivity contribution in [1.29, 1.82) is 0 Å². The number of carbonyl (C=O) groups is 2. The zero-order chi connectivity index (χ0) is 26.6. The van der Waals surface area contributed by atoms with E-state index >= 15 is 0 Å². The van der Waals surface area contributed by atoms with Crippen molar-refractivity contribution in [1.82, 2.24) is 34.9 Å². The van der Waals surface area contributed by atoms with Crippen molar-refractivity contribution in [2.24, 2.45) is 5.92 Å². The number of hydrogen-bond donors (Lipinski definition) is 3. The van der Waals surface area contributed by atoms with Crippen molar-refractivity contribution >= 4 is 28.9 Å². The maximum absolute atomic E-state index is 12.3. The van der Waals surface area contributed by atoms with Gasteiger partial charge in [0.2, 0.25) is 0 Å². The van der Waals surface area contributed by atoms with E-state index in [0.29, 0.717) is 12.5 Å². The molecule has 0 bridgehead atoms. The maximum atomic E-state index is 12.3. The Morgan fingerprint density at radius 2 is 1.95 bits per heavy atom. The number of hydrogen-bond acceptors (Lipinski definition) is 7. The van der Waals surface area contributed by atoms with Gasteiger partial charge in [-0.15, -0.1) is 10.2 Å². The Labute approximate surface area is 208 Å². The van der Waals surface area contributed by atoms with E-state index in [2.05, 4.69) is 41.8 Å². The molecule has 0 spiro atoms. The fraction of sp³-hybridized carbons (Fsp3) is 0.391. The van der Waals surface area contributed by atoms with Gasteiger partial charge >= 0.3 is 18.2 Å². The van der Waals surface area contributed by atoms with E-state index in [9.17, 15) is 18.0 Å². The second kappa shape index (κ2) is 10.8. The Morgan fingerprint density at radius 1 is 1.22 bits per heavy atom. The minimum atomic E-state index is -5.08. The second-order valence-electron chi connectivity index (χ2n) is 8.51. The summed E-state index contributed by atoms with van der Waals surface area (Å²) in [7, 11) is 0. The molecular weight excluding hydrogens is 495 g/mol. The van der Waals surface area contributed by atoms with Gasteiger partial charge in [0.15, 0.2) is 11.3 Å². The highest BCUT2D eigenvalue weighted by molar-refractivity contribution is 5.74. The van der Waals surface area contributed by atoms with Gasteiger partial charge in [-0.3, -0.25) is 9.38 Å². The first kappa shape index (κ1) is 25.9. The summed E-state index contributed by atoms with van der Waals surface area (Å²) in [6.07, 6.45) is 3.92. The minimum absolute atomic E-state index is 0.145. The molecule has 1 fully saturated rings. The Bertz CT molecular complexity index is 1370.